The van der Waals surface area contributed by atoms with Gasteiger partial charge in [-0.3, -0.25) is 0 Å². The molecule has 12 heavy (non-hydrogen) atoms. The Morgan fingerprint density at radius 2 is 1.75 bits per heavy atom. The van der Waals surface area contributed by atoms with Crippen molar-refractivity contribution in [2.24, 2.45) is 5.73 Å². The molecule has 0 saturated heterocycles. The van der Waals surface area contributed by atoms with Gasteiger partial charge < -0.3 is 15.9 Å². The third-order valence-electron chi connectivity index (χ3n) is 1.52. The van der Waals surface area contributed by atoms with Gasteiger partial charge in [0.15, 0.2) is 0 Å². The highest BCUT2D eigenvalue weighted by atomic mass is 16.3. The number of nitrogens with two attached hydrogens (primary N) is 1. The molecule has 0 spiro atoms. The maximum Gasteiger partial charge on any atom is 0.119 e. The molecule has 0 radical (unpaired) electrons. The smallest absolute Gasteiger partial charge is 0.119 e. The van der Waals surface area contributed by atoms with Gasteiger partial charge in [-0.15, -0.1) is 0 Å². The van der Waals surface area contributed by atoms with Crippen LogP contribution >= 0.6 is 0 Å². The molecule has 3 heteroatoms. The van der Waals surface area contributed by atoms with E-state index in [-0.39, 0.29) is 17.5 Å². The normalized spacial score (nSPS) is 12.8. The fraction of sp³-hybridized carbons (Fsp3) is 0.333. The molecular weight excluding hydrogens is 154 g/mol. The Balaban J connectivity index is 2.85. The molecule has 0 saturated carbocycles. The Bertz CT molecular complexity index is 251. The summed E-state index contributed by atoms with van der Waals surface area (Å²) in [5.41, 5.74) is 6.41. The van der Waals surface area contributed by atoms with Gasteiger partial charge in [-0.25, -0.2) is 0 Å². The number of benzene rings is 1. The van der Waals surface area contributed by atoms with Gasteiger partial charge in [0.25, 0.3) is 0 Å². The third-order valence-corrected chi connectivity index (χ3v) is 1.52. The van der Waals surface area contributed by atoms with Crippen LogP contribution in [0.4, 0.5) is 0 Å². The lowest BCUT2D eigenvalue weighted by atomic mass is 10.1. The van der Waals surface area contributed by atoms with E-state index in [0.717, 1.165) is 5.56 Å². The van der Waals surface area contributed by atoms with Crippen LogP contribution in [0.1, 0.15) is 12.5 Å². The molecule has 0 heterocycles. The number of hydrogen-bond donors (Lipinski definition) is 3. The van der Waals surface area contributed by atoms with Crippen LogP contribution in [0, 0.1) is 0 Å². The summed E-state index contributed by atoms with van der Waals surface area (Å²) in [4.78, 5) is 0. The zero-order chi connectivity index (χ0) is 9.14. The van der Waals surface area contributed by atoms with Gasteiger partial charge in [0.05, 0.1) is 0 Å². The lowest BCUT2D eigenvalue weighted by Gasteiger charge is -2.05. The summed E-state index contributed by atoms with van der Waals surface area (Å²) in [6.45, 7) is 1.88. The minimum absolute atomic E-state index is 0.0335. The van der Waals surface area contributed by atoms with Gasteiger partial charge in [-0.05, 0) is 31.0 Å². The maximum atomic E-state index is 9.11. The zero-order valence-corrected chi connectivity index (χ0v) is 6.99. The van der Waals surface area contributed by atoms with Crippen LogP contribution in [0.15, 0.2) is 18.2 Å². The van der Waals surface area contributed by atoms with E-state index in [1.54, 1.807) is 12.1 Å². The van der Waals surface area contributed by atoms with E-state index in [1.165, 1.54) is 6.07 Å². The Morgan fingerprint density at radius 3 is 2.17 bits per heavy atom. The van der Waals surface area contributed by atoms with Crippen LogP contribution in [0.5, 0.6) is 11.5 Å². The van der Waals surface area contributed by atoms with Crippen LogP contribution in [-0.4, -0.2) is 16.3 Å². The molecule has 1 atom stereocenters. The lowest BCUT2D eigenvalue weighted by molar-refractivity contribution is 0.449. The van der Waals surface area contributed by atoms with Crippen molar-refractivity contribution in [3.63, 3.8) is 0 Å². The predicted molar refractivity (Wildman–Crippen MR) is 47.1 cm³/mol. The minimum atomic E-state index is 0.0335. The average molecular weight is 167 g/mol. The van der Waals surface area contributed by atoms with E-state index in [2.05, 4.69) is 0 Å². The molecule has 0 aliphatic carbocycles. The largest absolute Gasteiger partial charge is 0.508 e. The van der Waals surface area contributed by atoms with Crippen molar-refractivity contribution in [1.82, 2.24) is 0 Å². The summed E-state index contributed by atoms with van der Waals surface area (Å²) in [5, 5.41) is 18.2. The molecule has 0 fully saturated rings. The Morgan fingerprint density at radius 1 is 1.25 bits per heavy atom. The van der Waals surface area contributed by atoms with Crippen LogP contribution in [0.2, 0.25) is 0 Å². The van der Waals surface area contributed by atoms with Crippen molar-refractivity contribution in [3.8, 4) is 11.5 Å². The summed E-state index contributed by atoms with van der Waals surface area (Å²) in [5.74, 6) is 0.149. The highest BCUT2D eigenvalue weighted by Gasteiger charge is 2.01. The monoisotopic (exact) mass is 167 g/mol. The topological polar surface area (TPSA) is 66.5 Å². The summed E-state index contributed by atoms with van der Waals surface area (Å²) in [7, 11) is 0. The van der Waals surface area contributed by atoms with Gasteiger partial charge >= 0.3 is 0 Å². The Hall–Kier alpha value is -1.22. The Labute approximate surface area is 71.5 Å². The number of aromatic hydroxyl groups is 2. The highest BCUT2D eigenvalue weighted by molar-refractivity contribution is 5.36. The van der Waals surface area contributed by atoms with Crippen LogP contribution in [-0.2, 0) is 6.42 Å². The molecule has 4 N–H and O–H groups in total. The molecule has 1 rings (SSSR count). The van der Waals surface area contributed by atoms with Gasteiger partial charge in [-0.1, -0.05) is 0 Å². The molecule has 0 aliphatic heterocycles. The van der Waals surface area contributed by atoms with Gasteiger partial charge in [0.2, 0.25) is 0 Å². The second kappa shape index (κ2) is 3.45. The minimum Gasteiger partial charge on any atom is -0.508 e. The van der Waals surface area contributed by atoms with Crippen LogP contribution < -0.4 is 5.73 Å². The number of phenols is 2. The van der Waals surface area contributed by atoms with Gasteiger partial charge in [0.1, 0.15) is 11.5 Å². The first-order valence-electron chi connectivity index (χ1n) is 3.85. The fourth-order valence-corrected chi connectivity index (χ4v) is 1.15. The average Bonchev–Trinajstić information content (AvgIpc) is 1.81. The van der Waals surface area contributed by atoms with Gasteiger partial charge in [0, 0.05) is 12.1 Å². The van der Waals surface area contributed by atoms with Crippen molar-refractivity contribution in [2.45, 2.75) is 19.4 Å². The molecular formula is C9H13NO2. The number of phenolic OH excluding ortho intramolecular Hbond substituents is 2. The van der Waals surface area contributed by atoms with Crippen LogP contribution in [0.25, 0.3) is 0 Å². The van der Waals surface area contributed by atoms with Crippen molar-refractivity contribution < 1.29 is 10.2 Å². The molecule has 0 bridgehead atoms. The Kier molecular flexibility index (Phi) is 2.55. The predicted octanol–water partition coefficient (Wildman–Crippen LogP) is 0.987. The summed E-state index contributed by atoms with van der Waals surface area (Å²) < 4.78 is 0. The SMILES string of the molecule is CC(N)Cc1cc(O)cc(O)c1. The second-order valence-corrected chi connectivity index (χ2v) is 3.04. The van der Waals surface area contributed by atoms with E-state index in [9.17, 15) is 0 Å². The molecule has 0 aliphatic rings. The molecule has 0 amide bonds. The van der Waals surface area contributed by atoms with Crippen molar-refractivity contribution >= 4 is 0 Å². The highest BCUT2D eigenvalue weighted by Crippen LogP contribution is 2.20. The number of rotatable bonds is 2. The van der Waals surface area contributed by atoms with E-state index < -0.39 is 0 Å². The lowest BCUT2D eigenvalue weighted by Crippen LogP contribution is -2.17. The summed E-state index contributed by atoms with van der Waals surface area (Å²) in [6, 6.07) is 4.53. The molecule has 1 unspecified atom stereocenters. The molecule has 3 nitrogen and oxygen atoms in total. The standard InChI is InChI=1S/C9H13NO2/c1-6(10)2-7-3-8(11)5-9(12)4-7/h3-6,11-12H,2,10H2,1H3. The first-order valence-corrected chi connectivity index (χ1v) is 3.85. The zero-order valence-electron chi connectivity index (χ0n) is 6.99. The first-order chi connectivity index (χ1) is 5.58. The van der Waals surface area contributed by atoms with Crippen LogP contribution in [0.3, 0.4) is 0 Å². The first kappa shape index (κ1) is 8.87. The fourth-order valence-electron chi connectivity index (χ4n) is 1.15. The maximum absolute atomic E-state index is 9.11. The van der Waals surface area contributed by atoms with E-state index in [0.29, 0.717) is 6.42 Å². The van der Waals surface area contributed by atoms with Crippen molar-refractivity contribution in [3.05, 3.63) is 23.8 Å². The van der Waals surface area contributed by atoms with E-state index in [4.69, 9.17) is 15.9 Å². The molecule has 1 aromatic rings. The van der Waals surface area contributed by atoms with E-state index >= 15 is 0 Å². The van der Waals surface area contributed by atoms with Gasteiger partial charge in [-0.2, -0.15) is 0 Å². The van der Waals surface area contributed by atoms with Crippen molar-refractivity contribution in [1.29, 1.82) is 0 Å². The summed E-state index contributed by atoms with van der Waals surface area (Å²) >= 11 is 0. The molecule has 1 aromatic carbocycles. The third kappa shape index (κ3) is 2.43. The number of hydrogen-bond acceptors (Lipinski definition) is 3. The van der Waals surface area contributed by atoms with E-state index in [1.807, 2.05) is 6.92 Å². The quantitative estimate of drug-likeness (QED) is 0.615. The summed E-state index contributed by atoms with van der Waals surface area (Å²) in [6.07, 6.45) is 0.655. The van der Waals surface area contributed by atoms with Crippen molar-refractivity contribution in [2.75, 3.05) is 0 Å². The molecule has 66 valence electrons. The molecule has 0 aromatic heterocycles. The second-order valence-electron chi connectivity index (χ2n) is 3.04.